The fourth-order valence-electron chi connectivity index (χ4n) is 2.83. The molecule has 5 heteroatoms. The average molecular weight is 282 g/mol. The topological polar surface area (TPSA) is 41.6 Å². The Morgan fingerprint density at radius 1 is 1.44 bits per heavy atom. The fraction of sp³-hybridized carbons (Fsp3) is 0.462. The van der Waals surface area contributed by atoms with Crippen LogP contribution in [0.25, 0.3) is 0 Å². The van der Waals surface area contributed by atoms with Crippen LogP contribution < -0.4 is 10.6 Å². The second-order valence-electron chi connectivity index (χ2n) is 5.04. The smallest absolute Gasteiger partial charge is 0.196 e. The highest BCUT2D eigenvalue weighted by Gasteiger charge is 2.47. The van der Waals surface area contributed by atoms with Crippen molar-refractivity contribution in [1.82, 2.24) is 0 Å². The summed E-state index contributed by atoms with van der Waals surface area (Å²) in [6.45, 7) is 3.08. The molecule has 96 valence electrons. The number of aliphatic imine (C=N–C) groups is 1. The largest absolute Gasteiger partial charge is 0.369 e. The first-order chi connectivity index (χ1) is 8.61. The van der Waals surface area contributed by atoms with Crippen LogP contribution in [0.4, 0.5) is 5.69 Å². The van der Waals surface area contributed by atoms with Crippen LogP contribution in [0.3, 0.4) is 0 Å². The van der Waals surface area contributed by atoms with E-state index in [1.165, 1.54) is 0 Å². The van der Waals surface area contributed by atoms with Gasteiger partial charge in [0.2, 0.25) is 0 Å². The molecule has 1 spiro atoms. The molecule has 0 amide bonds. The molecular formula is C13H16ClN3S. The van der Waals surface area contributed by atoms with Gasteiger partial charge in [0.15, 0.2) is 5.96 Å². The monoisotopic (exact) mass is 281 g/mol. The molecule has 18 heavy (non-hydrogen) atoms. The number of halogens is 1. The van der Waals surface area contributed by atoms with Crippen molar-refractivity contribution in [1.29, 1.82) is 0 Å². The van der Waals surface area contributed by atoms with E-state index in [1.54, 1.807) is 0 Å². The van der Waals surface area contributed by atoms with Crippen LogP contribution in [-0.2, 0) is 0 Å². The lowest BCUT2D eigenvalue weighted by molar-refractivity contribution is 0.493. The zero-order valence-corrected chi connectivity index (χ0v) is 11.8. The molecule has 2 N–H and O–H groups in total. The highest BCUT2D eigenvalue weighted by atomic mass is 35.5. The minimum absolute atomic E-state index is 0.0714. The Hall–Kier alpha value is -0.870. The third-order valence-corrected chi connectivity index (χ3v) is 5.32. The average Bonchev–Trinajstić information content (AvgIpc) is 2.86. The molecule has 1 aromatic carbocycles. The number of thioether (sulfide) groups is 1. The summed E-state index contributed by atoms with van der Waals surface area (Å²) in [6, 6.07) is 7.85. The van der Waals surface area contributed by atoms with Gasteiger partial charge in [-0.3, -0.25) is 4.99 Å². The summed E-state index contributed by atoms with van der Waals surface area (Å²) < 4.78 is 0. The molecule has 0 aliphatic carbocycles. The summed E-state index contributed by atoms with van der Waals surface area (Å²) in [6.07, 6.45) is 1.13. The first kappa shape index (κ1) is 12.2. The second-order valence-corrected chi connectivity index (χ2v) is 6.90. The van der Waals surface area contributed by atoms with Crippen molar-refractivity contribution in [3.05, 3.63) is 29.3 Å². The van der Waals surface area contributed by atoms with E-state index in [2.05, 4.69) is 16.8 Å². The minimum atomic E-state index is 0.0714. The molecule has 0 radical (unpaired) electrons. The van der Waals surface area contributed by atoms with Crippen molar-refractivity contribution in [2.24, 2.45) is 10.7 Å². The predicted octanol–water partition coefficient (Wildman–Crippen LogP) is 2.74. The maximum atomic E-state index is 6.08. The summed E-state index contributed by atoms with van der Waals surface area (Å²) in [5.41, 5.74) is 7.24. The molecule has 1 saturated heterocycles. The number of benzene rings is 1. The van der Waals surface area contributed by atoms with Gasteiger partial charge >= 0.3 is 0 Å². The molecule has 3 rings (SSSR count). The highest BCUT2D eigenvalue weighted by Crippen LogP contribution is 2.43. The standard InChI is InChI=1S/C13H16ClN3S/c1-9-6-13(8-18-9)7-16-12(15)17(13)11-4-2-10(14)3-5-11/h2-5,9H,6-8H2,1H3,(H2,15,16). The summed E-state index contributed by atoms with van der Waals surface area (Å²) in [7, 11) is 0. The van der Waals surface area contributed by atoms with Gasteiger partial charge in [0.1, 0.15) is 0 Å². The lowest BCUT2D eigenvalue weighted by Crippen LogP contribution is -2.52. The molecule has 2 aliphatic heterocycles. The number of rotatable bonds is 1. The molecule has 3 nitrogen and oxygen atoms in total. The Morgan fingerprint density at radius 3 is 2.78 bits per heavy atom. The van der Waals surface area contributed by atoms with Crippen molar-refractivity contribution in [3.63, 3.8) is 0 Å². The summed E-state index contributed by atoms with van der Waals surface area (Å²) >= 11 is 7.95. The molecule has 0 saturated carbocycles. The Morgan fingerprint density at radius 2 is 2.17 bits per heavy atom. The van der Waals surface area contributed by atoms with E-state index in [0.29, 0.717) is 11.2 Å². The van der Waals surface area contributed by atoms with Gasteiger partial charge in [-0.25, -0.2) is 0 Å². The van der Waals surface area contributed by atoms with Crippen LogP contribution in [-0.4, -0.2) is 29.0 Å². The molecular weight excluding hydrogens is 266 g/mol. The molecule has 2 unspecified atom stereocenters. The van der Waals surface area contributed by atoms with Gasteiger partial charge in [0, 0.05) is 21.7 Å². The Balaban J connectivity index is 1.97. The third-order valence-electron chi connectivity index (χ3n) is 3.63. The van der Waals surface area contributed by atoms with Gasteiger partial charge in [-0.1, -0.05) is 18.5 Å². The van der Waals surface area contributed by atoms with E-state index < -0.39 is 0 Å². The third kappa shape index (κ3) is 1.88. The molecule has 0 bridgehead atoms. The zero-order chi connectivity index (χ0) is 12.8. The number of anilines is 1. The van der Waals surface area contributed by atoms with E-state index in [4.69, 9.17) is 17.3 Å². The van der Waals surface area contributed by atoms with Crippen LogP contribution in [0.5, 0.6) is 0 Å². The van der Waals surface area contributed by atoms with Crippen LogP contribution in [0.15, 0.2) is 29.3 Å². The quantitative estimate of drug-likeness (QED) is 0.861. The lowest BCUT2D eigenvalue weighted by atomic mass is 9.94. The van der Waals surface area contributed by atoms with Gasteiger partial charge in [-0.05, 0) is 30.7 Å². The van der Waals surface area contributed by atoms with Crippen molar-refractivity contribution < 1.29 is 0 Å². The van der Waals surface area contributed by atoms with Crippen molar-refractivity contribution >= 4 is 35.0 Å². The van der Waals surface area contributed by atoms with E-state index in [9.17, 15) is 0 Å². The van der Waals surface area contributed by atoms with Crippen LogP contribution in [0, 0.1) is 0 Å². The van der Waals surface area contributed by atoms with E-state index >= 15 is 0 Å². The predicted molar refractivity (Wildman–Crippen MR) is 79.7 cm³/mol. The van der Waals surface area contributed by atoms with Crippen molar-refractivity contribution in [2.45, 2.75) is 24.1 Å². The highest BCUT2D eigenvalue weighted by molar-refractivity contribution is 8.00. The van der Waals surface area contributed by atoms with Gasteiger partial charge in [0.05, 0.1) is 12.1 Å². The number of nitrogens with zero attached hydrogens (tertiary/aromatic N) is 2. The van der Waals surface area contributed by atoms with Crippen LogP contribution >= 0.6 is 23.4 Å². The molecule has 1 aromatic rings. The van der Waals surface area contributed by atoms with Crippen LogP contribution in [0.1, 0.15) is 13.3 Å². The van der Waals surface area contributed by atoms with Gasteiger partial charge < -0.3 is 10.6 Å². The number of hydrogen-bond acceptors (Lipinski definition) is 4. The van der Waals surface area contributed by atoms with E-state index in [1.807, 2.05) is 36.0 Å². The second kappa shape index (κ2) is 4.35. The molecule has 1 fully saturated rings. The Bertz CT molecular complexity index is 488. The zero-order valence-electron chi connectivity index (χ0n) is 10.3. The SMILES string of the molecule is CC1CC2(CN=C(N)N2c2ccc(Cl)cc2)CS1. The number of hydrogen-bond donors (Lipinski definition) is 1. The number of guanidine groups is 1. The van der Waals surface area contributed by atoms with Crippen molar-refractivity contribution in [3.8, 4) is 0 Å². The lowest BCUT2D eigenvalue weighted by Gasteiger charge is -2.35. The summed E-state index contributed by atoms with van der Waals surface area (Å²) in [5.74, 6) is 1.72. The Kier molecular flexibility index (Phi) is 2.94. The van der Waals surface area contributed by atoms with Crippen LogP contribution in [0.2, 0.25) is 5.02 Å². The summed E-state index contributed by atoms with van der Waals surface area (Å²) in [5, 5.41) is 1.41. The Labute approximate surface area is 116 Å². The first-order valence-electron chi connectivity index (χ1n) is 6.08. The minimum Gasteiger partial charge on any atom is -0.369 e. The fourth-order valence-corrected chi connectivity index (χ4v) is 4.31. The van der Waals surface area contributed by atoms with Gasteiger partial charge in [-0.2, -0.15) is 11.8 Å². The molecule has 2 aliphatic rings. The molecule has 2 heterocycles. The molecule has 2 atom stereocenters. The maximum absolute atomic E-state index is 6.08. The first-order valence-corrected chi connectivity index (χ1v) is 7.51. The summed E-state index contributed by atoms with van der Waals surface area (Å²) in [4.78, 5) is 6.65. The number of nitrogens with two attached hydrogens (primary N) is 1. The van der Waals surface area contributed by atoms with Gasteiger partial charge in [0.25, 0.3) is 0 Å². The van der Waals surface area contributed by atoms with Gasteiger partial charge in [-0.15, -0.1) is 0 Å². The van der Waals surface area contributed by atoms with Crippen molar-refractivity contribution in [2.75, 3.05) is 17.2 Å². The normalized spacial score (nSPS) is 31.1. The van der Waals surface area contributed by atoms with E-state index in [0.717, 1.165) is 29.4 Å². The maximum Gasteiger partial charge on any atom is 0.196 e. The van der Waals surface area contributed by atoms with E-state index in [-0.39, 0.29) is 5.54 Å². The molecule has 0 aromatic heterocycles.